The van der Waals surface area contributed by atoms with Crippen LogP contribution in [-0.4, -0.2) is 10.0 Å². The molecule has 5 rings (SSSR count). The fourth-order valence-corrected chi connectivity index (χ4v) is 4.41. The van der Waals surface area contributed by atoms with E-state index in [-0.39, 0.29) is 10.6 Å². The van der Waals surface area contributed by atoms with Gasteiger partial charge in [-0.3, -0.25) is 10.1 Å². The second-order valence-electron chi connectivity index (χ2n) is 6.59. The molecule has 4 aromatic carbocycles. The van der Waals surface area contributed by atoms with Gasteiger partial charge in [-0.05, 0) is 52.4 Å². The predicted molar refractivity (Wildman–Crippen MR) is 94.7 cm³/mol. The number of aryl methyl sites for hydroxylation is 1. The van der Waals surface area contributed by atoms with Gasteiger partial charge in [-0.25, -0.2) is 0 Å². The monoisotopic (exact) mass is 317 g/mol. The Balaban J connectivity index is 2.12. The van der Waals surface area contributed by atoms with Gasteiger partial charge in [0.05, 0.1) is 22.0 Å². The molecule has 0 saturated heterocycles. The number of benzene rings is 4. The molecule has 0 saturated carbocycles. The summed E-state index contributed by atoms with van der Waals surface area (Å²) >= 11 is 0. The van der Waals surface area contributed by atoms with E-state index in [9.17, 15) is 15.2 Å². The minimum absolute atomic E-state index is 0.0861. The first-order chi connectivity index (χ1) is 11.7. The Morgan fingerprint density at radius 1 is 1.00 bits per heavy atom. The van der Waals surface area contributed by atoms with E-state index in [0.29, 0.717) is 17.4 Å². The van der Waals surface area contributed by atoms with Crippen LogP contribution in [0.2, 0.25) is 0 Å². The first-order valence-electron chi connectivity index (χ1n) is 8.21. The van der Waals surface area contributed by atoms with Crippen molar-refractivity contribution >= 4 is 38.0 Å². The van der Waals surface area contributed by atoms with E-state index in [1.165, 1.54) is 0 Å². The van der Waals surface area contributed by atoms with Gasteiger partial charge in [0.25, 0.3) is 5.69 Å². The zero-order chi connectivity index (χ0) is 16.4. The molecule has 1 aliphatic rings. The Labute approximate surface area is 137 Å². The van der Waals surface area contributed by atoms with Gasteiger partial charge in [-0.15, -0.1) is 0 Å². The quantitative estimate of drug-likeness (QED) is 0.310. The number of hydrogen-bond donors (Lipinski definition) is 1. The topological polar surface area (TPSA) is 63.4 Å². The van der Waals surface area contributed by atoms with Crippen LogP contribution in [0.1, 0.15) is 30.1 Å². The highest BCUT2D eigenvalue weighted by atomic mass is 16.6. The third kappa shape index (κ3) is 1.61. The standard InChI is InChI=1S/C20H15NO3/c22-16-6-2-5-13-14-9-7-11-3-1-4-12-8-10-15(18(14)17(11)12)20(19(13)16)21(23)24/h1,3-4,7-10,16,22H,2,5-6H2. The van der Waals surface area contributed by atoms with Crippen LogP contribution in [0, 0.1) is 10.1 Å². The number of aliphatic hydroxyl groups is 1. The highest BCUT2D eigenvalue weighted by molar-refractivity contribution is 6.25. The van der Waals surface area contributed by atoms with Gasteiger partial charge >= 0.3 is 0 Å². The Hall–Kier alpha value is -2.72. The van der Waals surface area contributed by atoms with Crippen molar-refractivity contribution in [1.82, 2.24) is 0 Å². The summed E-state index contributed by atoms with van der Waals surface area (Å²) in [7, 11) is 0. The van der Waals surface area contributed by atoms with Crippen molar-refractivity contribution in [2.24, 2.45) is 0 Å². The van der Waals surface area contributed by atoms with E-state index in [4.69, 9.17) is 0 Å². The fourth-order valence-electron chi connectivity index (χ4n) is 4.41. The van der Waals surface area contributed by atoms with Crippen LogP contribution in [0.5, 0.6) is 0 Å². The van der Waals surface area contributed by atoms with Gasteiger partial charge in [0.2, 0.25) is 0 Å². The summed E-state index contributed by atoms with van der Waals surface area (Å²) in [6, 6.07) is 14.0. The molecule has 1 atom stereocenters. The van der Waals surface area contributed by atoms with Crippen LogP contribution in [0.3, 0.4) is 0 Å². The maximum atomic E-state index is 11.9. The van der Waals surface area contributed by atoms with E-state index in [2.05, 4.69) is 12.1 Å². The first-order valence-corrected chi connectivity index (χ1v) is 8.21. The van der Waals surface area contributed by atoms with Crippen molar-refractivity contribution in [2.75, 3.05) is 0 Å². The molecule has 0 aromatic heterocycles. The Bertz CT molecular complexity index is 1120. The summed E-state index contributed by atoms with van der Waals surface area (Å²) < 4.78 is 0. The first kappa shape index (κ1) is 13.7. The van der Waals surface area contributed by atoms with E-state index in [0.717, 1.165) is 45.3 Å². The summed E-state index contributed by atoms with van der Waals surface area (Å²) in [6.07, 6.45) is 1.47. The van der Waals surface area contributed by atoms with Crippen molar-refractivity contribution in [3.63, 3.8) is 0 Å². The molecular formula is C20H15NO3. The third-order valence-electron chi connectivity index (χ3n) is 5.36. The number of hydrogen-bond acceptors (Lipinski definition) is 3. The molecule has 0 amide bonds. The lowest BCUT2D eigenvalue weighted by Crippen LogP contribution is -2.13. The third-order valence-corrected chi connectivity index (χ3v) is 5.36. The summed E-state index contributed by atoms with van der Waals surface area (Å²) in [5.41, 5.74) is 1.56. The maximum absolute atomic E-state index is 11.9. The molecule has 0 heterocycles. The zero-order valence-electron chi connectivity index (χ0n) is 13.0. The zero-order valence-corrected chi connectivity index (χ0v) is 13.0. The SMILES string of the molecule is O=[N+]([O-])c1c2c(c3ccc4cccc5ccc1c3c45)CCCC2O. The molecule has 118 valence electrons. The highest BCUT2D eigenvalue weighted by Crippen LogP contribution is 2.47. The van der Waals surface area contributed by atoms with Crippen LogP contribution >= 0.6 is 0 Å². The van der Waals surface area contributed by atoms with Gasteiger partial charge in [0.15, 0.2) is 0 Å². The van der Waals surface area contributed by atoms with Crippen molar-refractivity contribution in [1.29, 1.82) is 0 Å². The molecule has 0 bridgehead atoms. The lowest BCUT2D eigenvalue weighted by molar-refractivity contribution is -0.384. The van der Waals surface area contributed by atoms with Crippen LogP contribution in [0.25, 0.3) is 32.3 Å². The van der Waals surface area contributed by atoms with Crippen molar-refractivity contribution in [3.05, 3.63) is 63.7 Å². The number of fused-ring (bicyclic) bond motifs is 2. The largest absolute Gasteiger partial charge is 0.388 e. The van der Waals surface area contributed by atoms with Crippen molar-refractivity contribution in [2.45, 2.75) is 25.4 Å². The molecule has 4 nitrogen and oxygen atoms in total. The fraction of sp³-hybridized carbons (Fsp3) is 0.200. The molecule has 1 N–H and O–H groups in total. The molecule has 0 spiro atoms. The summed E-state index contributed by atoms with van der Waals surface area (Å²) in [5.74, 6) is 0. The molecule has 0 fully saturated rings. The molecule has 24 heavy (non-hydrogen) atoms. The predicted octanol–water partition coefficient (Wildman–Crippen LogP) is 4.86. The van der Waals surface area contributed by atoms with Gasteiger partial charge in [-0.1, -0.05) is 36.4 Å². The maximum Gasteiger partial charge on any atom is 0.283 e. The number of rotatable bonds is 1. The molecule has 0 radical (unpaired) electrons. The van der Waals surface area contributed by atoms with Gasteiger partial charge in [0.1, 0.15) is 0 Å². The Morgan fingerprint density at radius 2 is 1.71 bits per heavy atom. The second-order valence-corrected chi connectivity index (χ2v) is 6.59. The van der Waals surface area contributed by atoms with E-state index in [1.807, 2.05) is 30.3 Å². The number of nitro groups is 1. The summed E-state index contributed by atoms with van der Waals surface area (Å²) in [4.78, 5) is 11.5. The molecule has 1 unspecified atom stereocenters. The molecule has 1 aliphatic carbocycles. The van der Waals surface area contributed by atoms with Crippen molar-refractivity contribution in [3.8, 4) is 0 Å². The summed E-state index contributed by atoms with van der Waals surface area (Å²) in [5, 5.41) is 28.2. The smallest absolute Gasteiger partial charge is 0.283 e. The second kappa shape index (κ2) is 4.65. The Morgan fingerprint density at radius 3 is 2.42 bits per heavy atom. The van der Waals surface area contributed by atoms with E-state index >= 15 is 0 Å². The molecule has 4 heteroatoms. The van der Waals surface area contributed by atoms with Crippen LogP contribution < -0.4 is 0 Å². The van der Waals surface area contributed by atoms with Gasteiger partial charge < -0.3 is 5.11 Å². The number of nitrogens with zero attached hydrogens (tertiary/aromatic N) is 1. The number of nitro benzene ring substituents is 1. The lowest BCUT2D eigenvalue weighted by atomic mass is 9.81. The average Bonchev–Trinajstić information content (AvgIpc) is 2.59. The van der Waals surface area contributed by atoms with Crippen LogP contribution in [0.15, 0.2) is 42.5 Å². The molecule has 4 aromatic rings. The van der Waals surface area contributed by atoms with E-state index in [1.54, 1.807) is 0 Å². The average molecular weight is 317 g/mol. The lowest BCUT2D eigenvalue weighted by Gasteiger charge is -2.24. The highest BCUT2D eigenvalue weighted by Gasteiger charge is 2.32. The van der Waals surface area contributed by atoms with Gasteiger partial charge in [-0.2, -0.15) is 0 Å². The van der Waals surface area contributed by atoms with E-state index < -0.39 is 6.10 Å². The van der Waals surface area contributed by atoms with Crippen LogP contribution in [0.4, 0.5) is 5.69 Å². The van der Waals surface area contributed by atoms with Crippen LogP contribution in [-0.2, 0) is 6.42 Å². The van der Waals surface area contributed by atoms with Gasteiger partial charge in [0, 0.05) is 5.39 Å². The number of aliphatic hydroxyl groups excluding tert-OH is 1. The minimum Gasteiger partial charge on any atom is -0.388 e. The molecular weight excluding hydrogens is 302 g/mol. The Kier molecular flexibility index (Phi) is 2.65. The molecule has 0 aliphatic heterocycles. The van der Waals surface area contributed by atoms with Crippen molar-refractivity contribution < 1.29 is 10.0 Å². The minimum atomic E-state index is -0.754. The normalized spacial score (nSPS) is 17.6. The summed E-state index contributed by atoms with van der Waals surface area (Å²) in [6.45, 7) is 0.